The number of anilines is 1. The quantitative estimate of drug-likeness (QED) is 0.212. The number of benzene rings is 2. The Morgan fingerprint density at radius 2 is 1.85 bits per heavy atom. The van der Waals surface area contributed by atoms with Crippen LogP contribution in [0.15, 0.2) is 95.8 Å². The van der Waals surface area contributed by atoms with E-state index in [0.717, 1.165) is 33.3 Å². The van der Waals surface area contributed by atoms with Crippen LogP contribution < -0.4 is 10.5 Å². The third kappa shape index (κ3) is 5.44. The minimum Gasteiger partial charge on any atom is -0.425 e. The van der Waals surface area contributed by atoms with Crippen LogP contribution in [0.4, 0.5) is 10.1 Å². The lowest BCUT2D eigenvalue weighted by Crippen LogP contribution is -2.23. The number of para-hydroxylation sites is 1. The van der Waals surface area contributed by atoms with E-state index in [1.165, 1.54) is 24.5 Å². The van der Waals surface area contributed by atoms with Crippen molar-refractivity contribution in [1.29, 1.82) is 5.41 Å². The number of hydrogen-bond acceptors (Lipinski definition) is 6. The zero-order valence-corrected chi connectivity index (χ0v) is 21.8. The van der Waals surface area contributed by atoms with Crippen LogP contribution in [0, 0.1) is 11.2 Å². The molecule has 0 saturated carbocycles. The Hall–Kier alpha value is -4.76. The number of pyridine rings is 2. The molecule has 3 heterocycles. The van der Waals surface area contributed by atoms with Gasteiger partial charge >= 0.3 is 5.56 Å². The summed E-state index contributed by atoms with van der Waals surface area (Å²) in [5.41, 5.74) is 4.18. The van der Waals surface area contributed by atoms with Gasteiger partial charge in [0.2, 0.25) is 0 Å². The highest BCUT2D eigenvalue weighted by Crippen LogP contribution is 2.29. The first-order valence-electron chi connectivity index (χ1n) is 12.5. The molecular formula is C30H29FN6O2. The summed E-state index contributed by atoms with van der Waals surface area (Å²) in [7, 11) is 3.93. The molecule has 0 bridgehead atoms. The first kappa shape index (κ1) is 25.9. The Labute approximate surface area is 224 Å². The van der Waals surface area contributed by atoms with Crippen LogP contribution in [0.3, 0.4) is 0 Å². The number of nitrogens with one attached hydrogen (secondary N) is 1. The van der Waals surface area contributed by atoms with E-state index < -0.39 is 5.56 Å². The summed E-state index contributed by atoms with van der Waals surface area (Å²) in [4.78, 5) is 21.1. The summed E-state index contributed by atoms with van der Waals surface area (Å²) in [6.07, 6.45) is 8.30. The van der Waals surface area contributed by atoms with Crippen LogP contribution in [-0.2, 0) is 13.1 Å². The second kappa shape index (κ2) is 10.9. The average Bonchev–Trinajstić information content (AvgIpc) is 3.28. The smallest absolute Gasteiger partial charge is 0.309 e. The number of hydrogen-bond donors (Lipinski definition) is 2. The molecular weight excluding hydrogens is 495 g/mol. The molecule has 0 atom stereocenters. The largest absolute Gasteiger partial charge is 0.425 e. The third-order valence-electron chi connectivity index (χ3n) is 6.70. The monoisotopic (exact) mass is 524 g/mol. The van der Waals surface area contributed by atoms with Gasteiger partial charge in [0.25, 0.3) is 0 Å². The number of rotatable bonds is 9. The number of likely N-dealkylation sites (N-methyl/N-ethyl adjacent to an activating group) is 1. The molecule has 3 aromatic heterocycles. The molecule has 9 heteroatoms. The van der Waals surface area contributed by atoms with Crippen molar-refractivity contribution in [2.45, 2.75) is 13.1 Å². The van der Waals surface area contributed by atoms with Crippen LogP contribution >= 0.6 is 0 Å². The van der Waals surface area contributed by atoms with Gasteiger partial charge in [0.1, 0.15) is 11.3 Å². The highest BCUT2D eigenvalue weighted by molar-refractivity contribution is 6.06. The summed E-state index contributed by atoms with van der Waals surface area (Å²) in [6.45, 7) is 1.56. The van der Waals surface area contributed by atoms with Crippen LogP contribution in [0.25, 0.3) is 21.8 Å². The Bertz CT molecular complexity index is 1720. The first-order valence-corrected chi connectivity index (χ1v) is 12.5. The van der Waals surface area contributed by atoms with Gasteiger partial charge in [-0.05, 0) is 54.1 Å². The summed E-state index contributed by atoms with van der Waals surface area (Å²) in [5.74, 6) is -0.292. The topological polar surface area (TPSA) is 90.4 Å². The van der Waals surface area contributed by atoms with E-state index in [2.05, 4.69) is 9.88 Å². The summed E-state index contributed by atoms with van der Waals surface area (Å²) >= 11 is 0. The Morgan fingerprint density at radius 1 is 1.10 bits per heavy atom. The number of nitrogens with zero attached hydrogens (tertiary/aromatic N) is 5. The lowest BCUT2D eigenvalue weighted by atomic mass is 10.1. The van der Waals surface area contributed by atoms with Gasteiger partial charge in [-0.1, -0.05) is 30.3 Å². The number of halogens is 1. The molecule has 0 fully saturated rings. The summed E-state index contributed by atoms with van der Waals surface area (Å²) < 4.78 is 16.1. The molecule has 0 amide bonds. The molecule has 0 spiro atoms. The van der Waals surface area contributed by atoms with Gasteiger partial charge in [-0.3, -0.25) is 9.69 Å². The predicted molar refractivity (Wildman–Crippen MR) is 152 cm³/mol. The van der Waals surface area contributed by atoms with Gasteiger partial charge in [-0.15, -0.1) is 0 Å². The van der Waals surface area contributed by atoms with Crippen LogP contribution in [0.2, 0.25) is 0 Å². The van der Waals surface area contributed by atoms with Gasteiger partial charge in [-0.25, -0.2) is 9.37 Å². The molecule has 0 aliphatic rings. The van der Waals surface area contributed by atoms with E-state index >= 15 is 0 Å². The summed E-state index contributed by atoms with van der Waals surface area (Å²) in [6, 6.07) is 18.0. The van der Waals surface area contributed by atoms with Crippen LogP contribution in [0.1, 0.15) is 11.1 Å². The fourth-order valence-corrected chi connectivity index (χ4v) is 4.85. The zero-order chi connectivity index (χ0) is 27.5. The molecule has 0 saturated heterocycles. The zero-order valence-electron chi connectivity index (χ0n) is 21.8. The normalized spacial score (nSPS) is 11.9. The maximum atomic E-state index is 13.5. The van der Waals surface area contributed by atoms with Gasteiger partial charge < -0.3 is 20.1 Å². The average molecular weight is 525 g/mol. The van der Waals surface area contributed by atoms with E-state index in [-0.39, 0.29) is 11.3 Å². The van der Waals surface area contributed by atoms with Crippen molar-refractivity contribution in [3.63, 3.8) is 0 Å². The Kier molecular flexibility index (Phi) is 7.25. The van der Waals surface area contributed by atoms with Gasteiger partial charge in [0, 0.05) is 68.0 Å². The van der Waals surface area contributed by atoms with Crippen molar-refractivity contribution in [1.82, 2.24) is 19.2 Å². The van der Waals surface area contributed by atoms with Crippen molar-refractivity contribution in [2.24, 2.45) is 0 Å². The molecule has 2 N–H and O–H groups in total. The lowest BCUT2D eigenvalue weighted by Gasteiger charge is -2.20. The van der Waals surface area contributed by atoms with Crippen molar-refractivity contribution in [3.05, 3.63) is 118 Å². The molecule has 5 rings (SSSR count). The van der Waals surface area contributed by atoms with E-state index in [0.29, 0.717) is 29.8 Å². The predicted octanol–water partition coefficient (Wildman–Crippen LogP) is 4.88. The SMILES string of the molecule is CN(C/C(C=N)=C/N(C)c1ccccc1)Cc1cn(Cc2ccc(F)cc2)c2cnc3c(=O)n(O)ccc3c12. The highest BCUT2D eigenvalue weighted by atomic mass is 19.1. The van der Waals surface area contributed by atoms with Crippen molar-refractivity contribution in [3.8, 4) is 0 Å². The number of aromatic nitrogens is 3. The minimum absolute atomic E-state index is 0.181. The fourth-order valence-electron chi connectivity index (χ4n) is 4.85. The maximum absolute atomic E-state index is 13.5. The Balaban J connectivity index is 1.51. The van der Waals surface area contributed by atoms with Crippen LogP contribution in [-0.4, -0.2) is 51.2 Å². The lowest BCUT2D eigenvalue weighted by molar-refractivity contribution is 0.176. The van der Waals surface area contributed by atoms with Crippen molar-refractivity contribution < 1.29 is 9.60 Å². The molecule has 0 aliphatic carbocycles. The molecule has 0 unspecified atom stereocenters. The molecule has 0 aliphatic heterocycles. The molecule has 5 aromatic rings. The second-order valence-corrected chi connectivity index (χ2v) is 9.62. The van der Waals surface area contributed by atoms with E-state index in [4.69, 9.17) is 5.41 Å². The van der Waals surface area contributed by atoms with Crippen molar-refractivity contribution in [2.75, 3.05) is 25.5 Å². The molecule has 39 heavy (non-hydrogen) atoms. The second-order valence-electron chi connectivity index (χ2n) is 9.62. The third-order valence-corrected chi connectivity index (χ3v) is 6.70. The van der Waals surface area contributed by atoms with Gasteiger partial charge in [-0.2, -0.15) is 4.73 Å². The van der Waals surface area contributed by atoms with E-state index in [1.807, 2.05) is 66.3 Å². The number of fused-ring (bicyclic) bond motifs is 3. The molecule has 0 radical (unpaired) electrons. The van der Waals surface area contributed by atoms with Gasteiger partial charge in [0.15, 0.2) is 0 Å². The maximum Gasteiger partial charge on any atom is 0.309 e. The molecule has 198 valence electrons. The standard InChI is InChI=1S/C30H29FN6O2/c1-34(16-22(14-32)17-35(2)25-6-4-3-5-7-25)19-23-20-36(18-21-8-10-24(31)11-9-21)27-15-33-29-26(28(23)27)12-13-37(39)30(29)38/h3-15,17,20,32,39H,16,18-19H2,1-2H3/b22-17+,32-14?. The summed E-state index contributed by atoms with van der Waals surface area (Å²) in [5, 5.41) is 19.4. The van der Waals surface area contributed by atoms with Gasteiger partial charge in [0.05, 0.1) is 11.7 Å². The molecule has 2 aromatic carbocycles. The fraction of sp³-hybridized carbons (Fsp3) is 0.167. The van der Waals surface area contributed by atoms with Crippen molar-refractivity contribution >= 4 is 33.7 Å². The van der Waals surface area contributed by atoms with E-state index in [1.54, 1.807) is 24.4 Å². The van der Waals surface area contributed by atoms with Crippen LogP contribution in [0.5, 0.6) is 0 Å². The minimum atomic E-state index is -0.585. The Morgan fingerprint density at radius 3 is 2.56 bits per heavy atom. The highest BCUT2D eigenvalue weighted by Gasteiger charge is 2.17. The first-order chi connectivity index (χ1) is 18.8. The van der Waals surface area contributed by atoms with E-state index in [9.17, 15) is 14.4 Å². The molecule has 8 nitrogen and oxygen atoms in total.